The molecule has 0 saturated heterocycles. The highest BCUT2D eigenvalue weighted by Crippen LogP contribution is 2.17. The second-order valence-corrected chi connectivity index (χ2v) is 4.71. The van der Waals surface area contributed by atoms with Crippen LogP contribution in [-0.2, 0) is 10.3 Å². The molecule has 6 nitrogen and oxygen atoms in total. The van der Waals surface area contributed by atoms with E-state index in [1.54, 1.807) is 25.1 Å². The van der Waals surface area contributed by atoms with Crippen LogP contribution in [0, 0.1) is 6.92 Å². The monoisotopic (exact) mass is 254 g/mol. The Balaban J connectivity index is 2.35. The topological polar surface area (TPSA) is 81.4 Å². The molecule has 17 heavy (non-hydrogen) atoms. The lowest BCUT2D eigenvalue weighted by atomic mass is 10.3. The van der Waals surface area contributed by atoms with Gasteiger partial charge in [0.25, 0.3) is 0 Å². The molecule has 1 heterocycles. The van der Waals surface area contributed by atoms with Gasteiger partial charge in [0.15, 0.2) is 0 Å². The van der Waals surface area contributed by atoms with Gasteiger partial charge in [-0.15, -0.1) is 0 Å². The summed E-state index contributed by atoms with van der Waals surface area (Å²) in [6, 6.07) is 9.22. The number of hydrogen-bond donors (Lipinski definition) is 1. The van der Waals surface area contributed by atoms with Gasteiger partial charge < -0.3 is 9.29 Å². The van der Waals surface area contributed by atoms with Gasteiger partial charge in [0.2, 0.25) is 5.88 Å². The number of benzene rings is 1. The van der Waals surface area contributed by atoms with Crippen LogP contribution >= 0.6 is 0 Å². The van der Waals surface area contributed by atoms with Crippen molar-refractivity contribution in [2.45, 2.75) is 6.92 Å². The first-order chi connectivity index (χ1) is 7.99. The second-order valence-electron chi connectivity index (χ2n) is 3.34. The van der Waals surface area contributed by atoms with Crippen LogP contribution in [0.4, 0.5) is 0 Å². The summed E-state index contributed by atoms with van der Waals surface area (Å²) in [6.45, 7) is 1.56. The first-order valence-electron chi connectivity index (χ1n) is 4.75. The summed E-state index contributed by atoms with van der Waals surface area (Å²) >= 11 is 0. The highest BCUT2D eigenvalue weighted by molar-refractivity contribution is 7.85. The molecule has 0 bridgehead atoms. The standard InChI is InChI=1S/C10H10N2O4S/c1-8-7-10(13)12(11-8)17(14,15)16-9-5-3-2-4-6-9/h2-7,13H,1H3. The van der Waals surface area contributed by atoms with E-state index in [4.69, 9.17) is 4.18 Å². The van der Waals surface area contributed by atoms with E-state index in [-0.39, 0.29) is 5.75 Å². The highest BCUT2D eigenvalue weighted by atomic mass is 32.2. The van der Waals surface area contributed by atoms with Crippen molar-refractivity contribution in [2.24, 2.45) is 0 Å². The molecule has 2 aromatic rings. The molecule has 0 radical (unpaired) electrons. The summed E-state index contributed by atoms with van der Waals surface area (Å²) in [4.78, 5) is 0. The molecular formula is C10H10N2O4S. The van der Waals surface area contributed by atoms with Gasteiger partial charge in [-0.1, -0.05) is 22.3 Å². The van der Waals surface area contributed by atoms with E-state index < -0.39 is 16.2 Å². The fourth-order valence-electron chi connectivity index (χ4n) is 1.26. The third kappa shape index (κ3) is 2.39. The molecule has 1 aromatic heterocycles. The zero-order valence-corrected chi connectivity index (χ0v) is 9.76. The van der Waals surface area contributed by atoms with Gasteiger partial charge in [0.05, 0.1) is 5.69 Å². The second kappa shape index (κ2) is 4.10. The Morgan fingerprint density at radius 1 is 1.29 bits per heavy atom. The van der Waals surface area contributed by atoms with Crippen LogP contribution in [-0.4, -0.2) is 22.7 Å². The summed E-state index contributed by atoms with van der Waals surface area (Å²) in [5.74, 6) is -0.335. The van der Waals surface area contributed by atoms with Crippen LogP contribution in [0.25, 0.3) is 0 Å². The number of para-hydroxylation sites is 1. The lowest BCUT2D eigenvalue weighted by Crippen LogP contribution is -2.20. The Kier molecular flexibility index (Phi) is 2.76. The maximum atomic E-state index is 11.8. The molecule has 1 aromatic carbocycles. The zero-order valence-electron chi connectivity index (χ0n) is 8.94. The number of aromatic hydroxyl groups is 1. The molecule has 0 unspecified atom stereocenters. The molecule has 0 spiro atoms. The Bertz CT molecular complexity index is 619. The molecular weight excluding hydrogens is 244 g/mol. The summed E-state index contributed by atoms with van der Waals surface area (Å²) in [5.41, 5.74) is 0.378. The normalized spacial score (nSPS) is 11.4. The van der Waals surface area contributed by atoms with Crippen LogP contribution < -0.4 is 4.18 Å². The van der Waals surface area contributed by atoms with Crippen LogP contribution in [0.15, 0.2) is 36.4 Å². The van der Waals surface area contributed by atoms with E-state index in [9.17, 15) is 13.5 Å². The number of aryl methyl sites for hydroxylation is 1. The van der Waals surface area contributed by atoms with Crippen molar-refractivity contribution in [2.75, 3.05) is 0 Å². The third-order valence-electron chi connectivity index (χ3n) is 1.94. The van der Waals surface area contributed by atoms with E-state index in [0.29, 0.717) is 9.78 Å². The predicted molar refractivity (Wildman–Crippen MR) is 60.0 cm³/mol. The van der Waals surface area contributed by atoms with Crippen LogP contribution in [0.3, 0.4) is 0 Å². The molecule has 0 amide bonds. The molecule has 7 heteroatoms. The van der Waals surface area contributed by atoms with Gasteiger partial charge in [0.1, 0.15) is 5.75 Å². The lowest BCUT2D eigenvalue weighted by Gasteiger charge is -2.06. The summed E-state index contributed by atoms with van der Waals surface area (Å²) < 4.78 is 28.7. The number of hydrogen-bond acceptors (Lipinski definition) is 5. The van der Waals surface area contributed by atoms with Crippen LogP contribution in [0.5, 0.6) is 11.6 Å². The van der Waals surface area contributed by atoms with Gasteiger partial charge in [0, 0.05) is 6.07 Å². The van der Waals surface area contributed by atoms with Gasteiger partial charge >= 0.3 is 10.3 Å². The SMILES string of the molecule is Cc1cc(O)n(S(=O)(=O)Oc2ccccc2)n1. The van der Waals surface area contributed by atoms with Crippen molar-refractivity contribution in [3.8, 4) is 11.6 Å². The fraction of sp³-hybridized carbons (Fsp3) is 0.100. The molecule has 0 fully saturated rings. The van der Waals surface area contributed by atoms with E-state index >= 15 is 0 Å². The van der Waals surface area contributed by atoms with Gasteiger partial charge in [-0.3, -0.25) is 0 Å². The maximum Gasteiger partial charge on any atom is 0.432 e. The molecule has 0 aliphatic carbocycles. The molecule has 0 aliphatic rings. The van der Waals surface area contributed by atoms with Gasteiger partial charge in [-0.25, -0.2) is 0 Å². The van der Waals surface area contributed by atoms with Crippen molar-refractivity contribution in [1.29, 1.82) is 0 Å². The smallest absolute Gasteiger partial charge is 0.432 e. The number of nitrogens with zero attached hydrogens (tertiary/aromatic N) is 2. The summed E-state index contributed by atoms with van der Waals surface area (Å²) in [5, 5.41) is 13.0. The largest absolute Gasteiger partial charge is 0.493 e. The van der Waals surface area contributed by atoms with Crippen molar-refractivity contribution < 1.29 is 17.7 Å². The molecule has 0 atom stereocenters. The van der Waals surface area contributed by atoms with Gasteiger partial charge in [-0.05, 0) is 19.1 Å². The van der Waals surface area contributed by atoms with Crippen molar-refractivity contribution in [1.82, 2.24) is 9.19 Å². The average molecular weight is 254 g/mol. The van der Waals surface area contributed by atoms with E-state index in [0.717, 1.165) is 0 Å². The Labute approximate surface area is 98.3 Å². The van der Waals surface area contributed by atoms with Crippen molar-refractivity contribution >= 4 is 10.3 Å². The fourth-order valence-corrected chi connectivity index (χ4v) is 2.20. The molecule has 90 valence electrons. The minimum Gasteiger partial charge on any atom is -0.493 e. The third-order valence-corrected chi connectivity index (χ3v) is 3.03. The first kappa shape index (κ1) is 11.5. The molecule has 2 rings (SSSR count). The first-order valence-corrected chi connectivity index (χ1v) is 6.11. The quantitative estimate of drug-likeness (QED) is 0.886. The van der Waals surface area contributed by atoms with Crippen molar-refractivity contribution in [3.05, 3.63) is 42.1 Å². The minimum absolute atomic E-state index is 0.153. The summed E-state index contributed by atoms with van der Waals surface area (Å²) in [6.07, 6.45) is 0. The number of rotatable bonds is 3. The summed E-state index contributed by atoms with van der Waals surface area (Å²) in [7, 11) is -4.17. The van der Waals surface area contributed by atoms with Crippen LogP contribution in [0.1, 0.15) is 5.69 Å². The molecule has 1 N–H and O–H groups in total. The molecule has 0 aliphatic heterocycles. The van der Waals surface area contributed by atoms with Crippen molar-refractivity contribution in [3.63, 3.8) is 0 Å². The Morgan fingerprint density at radius 3 is 2.47 bits per heavy atom. The minimum atomic E-state index is -4.17. The predicted octanol–water partition coefficient (Wildman–Crippen LogP) is 1.07. The lowest BCUT2D eigenvalue weighted by molar-refractivity contribution is 0.416. The van der Waals surface area contributed by atoms with Gasteiger partial charge in [-0.2, -0.15) is 13.5 Å². The average Bonchev–Trinajstić information content (AvgIpc) is 2.59. The Hall–Kier alpha value is -2.02. The number of aromatic nitrogens is 2. The highest BCUT2D eigenvalue weighted by Gasteiger charge is 2.21. The Morgan fingerprint density at radius 2 is 1.94 bits per heavy atom. The van der Waals surface area contributed by atoms with Crippen LogP contribution in [0.2, 0.25) is 0 Å². The van der Waals surface area contributed by atoms with E-state index in [1.165, 1.54) is 18.2 Å². The zero-order chi connectivity index (χ0) is 12.5. The maximum absolute atomic E-state index is 11.8. The van der Waals surface area contributed by atoms with E-state index in [2.05, 4.69) is 5.10 Å². The van der Waals surface area contributed by atoms with E-state index in [1.807, 2.05) is 0 Å². The molecule has 0 saturated carbocycles.